The van der Waals surface area contributed by atoms with E-state index in [0.29, 0.717) is 0 Å². The van der Waals surface area contributed by atoms with Crippen molar-refractivity contribution < 1.29 is 0 Å². The van der Waals surface area contributed by atoms with Gasteiger partial charge in [-0.05, 0) is 87.5 Å². The van der Waals surface area contributed by atoms with Crippen LogP contribution in [0.4, 0.5) is 0 Å². The Morgan fingerprint density at radius 2 is 0.453 bits per heavy atom. The average molecular weight is 847 g/mol. The quantitative estimate of drug-likeness (QED) is 0.120. The summed E-state index contributed by atoms with van der Waals surface area (Å²) in [6.07, 6.45) is 0. The molecule has 0 nitrogen and oxygen atoms in total. The van der Waals surface area contributed by atoms with Crippen LogP contribution >= 0.6 is 0 Å². The van der Waals surface area contributed by atoms with Gasteiger partial charge in [0.25, 0.3) is 0 Å². The Morgan fingerprint density at radius 3 is 0.734 bits per heavy atom. The molecule has 2 heteroatoms. The van der Waals surface area contributed by atoms with Crippen molar-refractivity contribution in [2.24, 2.45) is 0 Å². The Kier molecular flexibility index (Phi) is 11.0. The molecular weight excluding hydrogens is 801 g/mol. The first-order valence-corrected chi connectivity index (χ1v) is 25.5. The van der Waals surface area contributed by atoms with Gasteiger partial charge >= 0.3 is 0 Å². The summed E-state index contributed by atoms with van der Waals surface area (Å²) < 4.78 is 0. The number of allylic oxidation sites excluding steroid dienone is 4. The van der Waals surface area contributed by atoms with Gasteiger partial charge in [-0.25, -0.2) is 0 Å². The summed E-state index contributed by atoms with van der Waals surface area (Å²) >= 11 is 0. The van der Waals surface area contributed by atoms with E-state index in [9.17, 15) is 0 Å². The van der Waals surface area contributed by atoms with Crippen molar-refractivity contribution in [3.8, 4) is 0 Å². The largest absolute Gasteiger partial charge is 0.0682 e. The molecule has 2 aliphatic rings. The molecule has 2 atom stereocenters. The lowest BCUT2D eigenvalue weighted by Gasteiger charge is -2.23. The molecular formula is C62H46Si2. The summed E-state index contributed by atoms with van der Waals surface area (Å²) in [5.74, 6) is 0. The highest BCUT2D eigenvalue weighted by atomic mass is 28.2. The lowest BCUT2D eigenvalue weighted by Crippen LogP contribution is -2.37. The van der Waals surface area contributed by atoms with E-state index < -0.39 is 16.8 Å². The maximum Gasteiger partial charge on any atom is 0.0682 e. The highest BCUT2D eigenvalue weighted by Crippen LogP contribution is 2.47. The molecule has 2 aliphatic heterocycles. The second-order valence-corrected chi connectivity index (χ2v) is 21.6. The van der Waals surface area contributed by atoms with E-state index in [1.807, 2.05) is 0 Å². The molecule has 0 fully saturated rings. The summed E-state index contributed by atoms with van der Waals surface area (Å²) in [7, 11) is -3.00. The fourth-order valence-electron chi connectivity index (χ4n) is 10.3. The fraction of sp³-hybridized carbons (Fsp3) is 0.0323. The van der Waals surface area contributed by atoms with Crippen LogP contribution in [-0.2, 0) is 0 Å². The van der Waals surface area contributed by atoms with Gasteiger partial charge in [-0.2, -0.15) is 0 Å². The van der Waals surface area contributed by atoms with Crippen molar-refractivity contribution in [3.63, 3.8) is 0 Å². The van der Waals surface area contributed by atoms with Crippen molar-refractivity contribution in [1.82, 2.24) is 0 Å². The first-order valence-electron chi connectivity index (χ1n) is 22.3. The molecule has 0 amide bonds. The van der Waals surface area contributed by atoms with Gasteiger partial charge in [-0.1, -0.05) is 267 Å². The maximum atomic E-state index is 2.53. The number of hydrogen-bond acceptors (Lipinski definition) is 0. The lowest BCUT2D eigenvalue weighted by atomic mass is 9.87. The third-order valence-electron chi connectivity index (χ3n) is 12.9. The molecule has 0 saturated carbocycles. The van der Waals surface area contributed by atoms with Crippen molar-refractivity contribution in [2.75, 3.05) is 0 Å². The van der Waals surface area contributed by atoms with Gasteiger partial charge in [-0.15, -0.1) is 0 Å². The predicted molar refractivity (Wildman–Crippen MR) is 276 cm³/mol. The summed E-state index contributed by atoms with van der Waals surface area (Å²) in [5.41, 5.74) is 16.4. The molecule has 0 radical (unpaired) electrons. The highest BCUT2D eigenvalue weighted by Gasteiger charge is 2.40. The van der Waals surface area contributed by atoms with Crippen LogP contribution in [0.1, 0.15) is 55.6 Å². The molecule has 9 aromatic carbocycles. The Balaban J connectivity index is 1.18. The normalized spacial score (nSPS) is 16.2. The molecule has 2 heterocycles. The van der Waals surface area contributed by atoms with E-state index in [-0.39, 0.29) is 11.1 Å². The van der Waals surface area contributed by atoms with Crippen LogP contribution in [0.2, 0.25) is 0 Å². The first kappa shape index (κ1) is 39.5. The smallest absolute Gasteiger partial charge is 0.0622 e. The molecule has 11 rings (SSSR count). The Labute approximate surface area is 380 Å². The number of hydrogen-bond donors (Lipinski definition) is 0. The van der Waals surface area contributed by atoms with Crippen LogP contribution in [0, 0.1) is 0 Å². The van der Waals surface area contributed by atoms with E-state index in [2.05, 4.69) is 267 Å². The van der Waals surface area contributed by atoms with Crippen molar-refractivity contribution in [3.05, 3.63) is 311 Å². The van der Waals surface area contributed by atoms with Crippen LogP contribution in [0.15, 0.2) is 267 Å². The van der Waals surface area contributed by atoms with E-state index in [1.165, 1.54) is 87.5 Å². The second kappa shape index (κ2) is 17.8. The highest BCUT2D eigenvalue weighted by molar-refractivity contribution is 6.96. The van der Waals surface area contributed by atoms with Crippen molar-refractivity contribution >= 4 is 59.8 Å². The predicted octanol–water partition coefficient (Wildman–Crippen LogP) is 12.6. The Bertz CT molecular complexity index is 2950. The van der Waals surface area contributed by atoms with Crippen LogP contribution in [-0.4, -0.2) is 27.2 Å². The molecule has 0 bridgehead atoms. The van der Waals surface area contributed by atoms with Crippen LogP contribution in [0.5, 0.6) is 0 Å². The average Bonchev–Trinajstić information content (AvgIpc) is 3.94. The molecule has 2 unspecified atom stereocenters. The van der Waals surface area contributed by atoms with Gasteiger partial charge in [0, 0.05) is 11.1 Å². The molecule has 0 spiro atoms. The van der Waals surface area contributed by atoms with Crippen LogP contribution in [0.3, 0.4) is 0 Å². The van der Waals surface area contributed by atoms with E-state index >= 15 is 0 Å². The SMILES string of the molecule is c1ccc(C2=C(c3ccccc3)C(c3ccccc3)[Si](c3ccc([Si]4=C(c5ccccc5)C(c5ccccc5)=C(c5ccccc5)C4c4ccccc4)cc3)=C2c2ccccc2)cc1. The second-order valence-electron chi connectivity index (χ2n) is 16.6. The molecule has 9 aromatic rings. The summed E-state index contributed by atoms with van der Waals surface area (Å²) in [5, 5.41) is 5.81. The zero-order chi connectivity index (χ0) is 42.7. The van der Waals surface area contributed by atoms with Gasteiger partial charge in [-0.3, -0.25) is 0 Å². The minimum atomic E-state index is -1.50. The molecule has 0 aliphatic carbocycles. The molecule has 0 aromatic heterocycles. The van der Waals surface area contributed by atoms with E-state index in [1.54, 1.807) is 0 Å². The van der Waals surface area contributed by atoms with E-state index in [4.69, 9.17) is 0 Å². The summed E-state index contributed by atoms with van der Waals surface area (Å²) in [4.78, 5) is 0. The van der Waals surface area contributed by atoms with Crippen LogP contribution in [0.25, 0.3) is 22.3 Å². The summed E-state index contributed by atoms with van der Waals surface area (Å²) in [6.45, 7) is 0. The van der Waals surface area contributed by atoms with Gasteiger partial charge in [0.2, 0.25) is 0 Å². The minimum Gasteiger partial charge on any atom is -0.0622 e. The van der Waals surface area contributed by atoms with Crippen molar-refractivity contribution in [2.45, 2.75) is 11.1 Å². The topological polar surface area (TPSA) is 0 Å². The number of benzene rings is 9. The maximum absolute atomic E-state index is 2.53. The van der Waals surface area contributed by atoms with E-state index in [0.717, 1.165) is 0 Å². The molecule has 64 heavy (non-hydrogen) atoms. The zero-order valence-corrected chi connectivity index (χ0v) is 37.6. The Hall–Kier alpha value is -7.37. The van der Waals surface area contributed by atoms with Gasteiger partial charge < -0.3 is 0 Å². The molecule has 0 N–H and O–H groups in total. The summed E-state index contributed by atoms with van der Waals surface area (Å²) in [6, 6.07) is 99.9. The fourth-order valence-corrected chi connectivity index (χ4v) is 17.5. The zero-order valence-electron chi connectivity index (χ0n) is 35.6. The monoisotopic (exact) mass is 846 g/mol. The standard InChI is InChI=1S/C62H46Si2/c1-9-25-45(26-10-1)55-56(46-27-11-2-12-28-46)60(50-35-19-6-20-36-50)63(59(55)49-33-17-5-18-34-49)53-41-43-54(44-42-53)64-61(51-37-21-7-22-38-51)57(47-29-13-3-14-30-47)58(48-31-15-4-16-32-48)62(64)52-39-23-8-24-40-52/h1-44,59,61H. The third kappa shape index (κ3) is 7.31. The molecule has 0 saturated heterocycles. The van der Waals surface area contributed by atoms with Gasteiger partial charge in [0.15, 0.2) is 0 Å². The minimum absolute atomic E-state index is 0.185. The lowest BCUT2D eigenvalue weighted by molar-refractivity contribution is 1.22. The first-order chi connectivity index (χ1) is 31.8. The third-order valence-corrected chi connectivity index (χ3v) is 19.4. The van der Waals surface area contributed by atoms with Crippen molar-refractivity contribution in [1.29, 1.82) is 0 Å². The Morgan fingerprint density at radius 1 is 0.219 bits per heavy atom. The van der Waals surface area contributed by atoms with Crippen LogP contribution < -0.4 is 10.4 Å². The molecule has 302 valence electrons. The van der Waals surface area contributed by atoms with Gasteiger partial charge in [0.05, 0.1) is 16.8 Å². The number of rotatable bonds is 10. The van der Waals surface area contributed by atoms with Gasteiger partial charge in [0.1, 0.15) is 0 Å².